The molecule has 8 heteroatoms. The van der Waals surface area contributed by atoms with Crippen molar-refractivity contribution in [2.24, 2.45) is 5.92 Å². The summed E-state index contributed by atoms with van der Waals surface area (Å²) in [6.07, 6.45) is 3.33. The second kappa shape index (κ2) is 8.37. The van der Waals surface area contributed by atoms with Gasteiger partial charge in [-0.1, -0.05) is 0 Å². The molecule has 26 heavy (non-hydrogen) atoms. The van der Waals surface area contributed by atoms with Crippen LogP contribution in [0.25, 0.3) is 0 Å². The summed E-state index contributed by atoms with van der Waals surface area (Å²) in [6, 6.07) is 4.86. The predicted octanol–water partition coefficient (Wildman–Crippen LogP) is 1.81. The van der Waals surface area contributed by atoms with Gasteiger partial charge >= 0.3 is 0 Å². The summed E-state index contributed by atoms with van der Waals surface area (Å²) in [5.74, 6) is 0.237. The smallest absolute Gasteiger partial charge is 0.246 e. The maximum Gasteiger partial charge on any atom is 0.246 e. The van der Waals surface area contributed by atoms with Crippen LogP contribution >= 0.6 is 0 Å². The normalized spacial score (nSPS) is 19.4. The molecule has 1 aromatic rings. The lowest BCUT2D eigenvalue weighted by Gasteiger charge is -2.22. The largest absolute Gasteiger partial charge is 0.492 e. The minimum Gasteiger partial charge on any atom is -0.492 e. The van der Waals surface area contributed by atoms with Crippen molar-refractivity contribution < 1.29 is 17.9 Å². The highest BCUT2D eigenvalue weighted by molar-refractivity contribution is 7.89. The lowest BCUT2D eigenvalue weighted by atomic mass is 9.97. The van der Waals surface area contributed by atoms with E-state index in [2.05, 4.69) is 10.6 Å². The first-order chi connectivity index (χ1) is 12.5. The minimum absolute atomic E-state index is 0.0403. The van der Waals surface area contributed by atoms with E-state index in [9.17, 15) is 13.2 Å². The number of amides is 1. The molecule has 1 aromatic carbocycles. The third kappa shape index (κ3) is 4.19. The number of hydrogen-bond acceptors (Lipinski definition) is 5. The summed E-state index contributed by atoms with van der Waals surface area (Å²) in [7, 11) is -3.63. The zero-order chi connectivity index (χ0) is 18.6. The third-order valence-corrected chi connectivity index (χ3v) is 6.82. The number of ether oxygens (including phenoxy) is 1. The first-order valence-electron chi connectivity index (χ1n) is 9.31. The van der Waals surface area contributed by atoms with Crippen LogP contribution in [0.15, 0.2) is 23.1 Å². The van der Waals surface area contributed by atoms with Crippen LogP contribution in [-0.4, -0.2) is 51.4 Å². The molecule has 0 aliphatic carbocycles. The molecule has 7 nitrogen and oxygen atoms in total. The summed E-state index contributed by atoms with van der Waals surface area (Å²) < 4.78 is 33.0. The monoisotopic (exact) mass is 381 g/mol. The molecule has 2 aliphatic heterocycles. The number of carbonyl (C=O) groups is 1. The molecular weight excluding hydrogens is 354 g/mol. The van der Waals surface area contributed by atoms with E-state index in [1.54, 1.807) is 12.1 Å². The highest BCUT2D eigenvalue weighted by atomic mass is 32.2. The Bertz CT molecular complexity index is 739. The Hall–Kier alpha value is -1.64. The molecule has 3 rings (SSSR count). The van der Waals surface area contributed by atoms with Gasteiger partial charge in [0.1, 0.15) is 10.6 Å². The van der Waals surface area contributed by atoms with Crippen molar-refractivity contribution in [3.8, 4) is 5.75 Å². The average molecular weight is 381 g/mol. The number of benzene rings is 1. The van der Waals surface area contributed by atoms with Gasteiger partial charge < -0.3 is 15.4 Å². The number of sulfonamides is 1. The first-order valence-corrected chi connectivity index (χ1v) is 10.7. The summed E-state index contributed by atoms with van der Waals surface area (Å²) in [4.78, 5) is 12.6. The van der Waals surface area contributed by atoms with Gasteiger partial charge in [-0.15, -0.1) is 0 Å². The van der Waals surface area contributed by atoms with Crippen molar-refractivity contribution in [2.45, 2.75) is 37.5 Å². The highest BCUT2D eigenvalue weighted by Crippen LogP contribution is 2.32. The van der Waals surface area contributed by atoms with Gasteiger partial charge in [-0.25, -0.2) is 8.42 Å². The Labute approximate surface area is 155 Å². The second-order valence-electron chi connectivity index (χ2n) is 6.72. The van der Waals surface area contributed by atoms with Gasteiger partial charge in [-0.05, 0) is 63.9 Å². The van der Waals surface area contributed by atoms with Crippen molar-refractivity contribution in [2.75, 3.05) is 38.1 Å². The van der Waals surface area contributed by atoms with Crippen molar-refractivity contribution in [3.05, 3.63) is 18.2 Å². The van der Waals surface area contributed by atoms with Crippen molar-refractivity contribution in [1.29, 1.82) is 0 Å². The topological polar surface area (TPSA) is 87.7 Å². The number of carbonyl (C=O) groups excluding carboxylic acids is 1. The van der Waals surface area contributed by atoms with Crippen LogP contribution in [0.3, 0.4) is 0 Å². The van der Waals surface area contributed by atoms with E-state index in [-0.39, 0.29) is 16.7 Å². The van der Waals surface area contributed by atoms with Crippen LogP contribution in [0.2, 0.25) is 0 Å². The van der Waals surface area contributed by atoms with Crippen LogP contribution in [-0.2, 0) is 14.8 Å². The molecule has 0 atom stereocenters. The summed E-state index contributed by atoms with van der Waals surface area (Å²) in [5.41, 5.74) is 0.495. The molecule has 2 N–H and O–H groups in total. The fourth-order valence-electron chi connectivity index (χ4n) is 3.46. The van der Waals surface area contributed by atoms with Gasteiger partial charge in [0.05, 0.1) is 6.61 Å². The molecule has 2 heterocycles. The van der Waals surface area contributed by atoms with E-state index >= 15 is 0 Å². The van der Waals surface area contributed by atoms with Gasteiger partial charge in [0.2, 0.25) is 15.9 Å². The van der Waals surface area contributed by atoms with Gasteiger partial charge in [-0.2, -0.15) is 4.31 Å². The fraction of sp³-hybridized carbons (Fsp3) is 0.611. The van der Waals surface area contributed by atoms with Crippen LogP contribution in [0.4, 0.5) is 5.69 Å². The van der Waals surface area contributed by atoms with Crippen molar-refractivity contribution in [1.82, 2.24) is 9.62 Å². The Balaban J connectivity index is 1.85. The molecule has 1 amide bonds. The van der Waals surface area contributed by atoms with Crippen LogP contribution in [0.1, 0.15) is 32.6 Å². The maximum atomic E-state index is 13.0. The zero-order valence-corrected chi connectivity index (χ0v) is 16.0. The second-order valence-corrected chi connectivity index (χ2v) is 8.63. The minimum atomic E-state index is -3.63. The highest BCUT2D eigenvalue weighted by Gasteiger charge is 2.30. The Morgan fingerprint density at radius 3 is 2.62 bits per heavy atom. The van der Waals surface area contributed by atoms with E-state index in [0.29, 0.717) is 31.1 Å². The predicted molar refractivity (Wildman–Crippen MR) is 99.8 cm³/mol. The molecule has 144 valence electrons. The number of nitrogens with one attached hydrogen (secondary N) is 2. The molecule has 2 saturated heterocycles. The van der Waals surface area contributed by atoms with E-state index in [1.807, 2.05) is 6.92 Å². The summed E-state index contributed by atoms with van der Waals surface area (Å²) >= 11 is 0. The molecule has 2 fully saturated rings. The third-order valence-electron chi connectivity index (χ3n) is 4.90. The Morgan fingerprint density at radius 2 is 1.96 bits per heavy atom. The lowest BCUT2D eigenvalue weighted by molar-refractivity contribution is -0.120. The van der Waals surface area contributed by atoms with Crippen LogP contribution in [0.5, 0.6) is 5.75 Å². The van der Waals surface area contributed by atoms with Gasteiger partial charge in [0.15, 0.2) is 0 Å². The molecular formula is C18H27N3O4S. The molecule has 0 unspecified atom stereocenters. The zero-order valence-electron chi connectivity index (χ0n) is 15.2. The molecule has 0 saturated carbocycles. The molecule has 0 radical (unpaired) electrons. The summed E-state index contributed by atoms with van der Waals surface area (Å²) in [6.45, 7) is 4.91. The SMILES string of the molecule is CCOc1ccc(NC(=O)C2CCNCC2)cc1S(=O)(=O)N1CCCC1. The van der Waals surface area contributed by atoms with E-state index in [0.717, 1.165) is 38.8 Å². The molecule has 0 aromatic heterocycles. The average Bonchev–Trinajstić information content (AvgIpc) is 3.19. The van der Waals surface area contributed by atoms with E-state index < -0.39 is 10.0 Å². The Morgan fingerprint density at radius 1 is 1.27 bits per heavy atom. The van der Waals surface area contributed by atoms with Gasteiger partial charge in [0, 0.05) is 24.7 Å². The number of hydrogen-bond donors (Lipinski definition) is 2. The van der Waals surface area contributed by atoms with Gasteiger partial charge in [0.25, 0.3) is 0 Å². The lowest BCUT2D eigenvalue weighted by Crippen LogP contribution is -2.34. The summed E-state index contributed by atoms with van der Waals surface area (Å²) in [5, 5.41) is 6.11. The van der Waals surface area contributed by atoms with E-state index in [4.69, 9.17) is 4.74 Å². The Kier molecular flexibility index (Phi) is 6.16. The quantitative estimate of drug-likeness (QED) is 0.785. The molecule has 2 aliphatic rings. The van der Waals surface area contributed by atoms with Crippen molar-refractivity contribution >= 4 is 21.6 Å². The molecule has 0 bridgehead atoms. The van der Waals surface area contributed by atoms with Crippen molar-refractivity contribution in [3.63, 3.8) is 0 Å². The number of anilines is 1. The first kappa shape index (κ1) is 19.1. The molecule has 0 spiro atoms. The number of piperidine rings is 1. The standard InChI is InChI=1S/C18H27N3O4S/c1-2-25-16-6-5-15(20-18(22)14-7-9-19-10-8-14)13-17(16)26(23,24)21-11-3-4-12-21/h5-6,13-14,19H,2-4,7-12H2,1H3,(H,20,22). The van der Waals surface area contributed by atoms with Crippen LogP contribution < -0.4 is 15.4 Å². The van der Waals surface area contributed by atoms with Crippen LogP contribution in [0, 0.1) is 5.92 Å². The fourth-order valence-corrected chi connectivity index (χ4v) is 5.13. The number of rotatable bonds is 6. The van der Waals surface area contributed by atoms with Gasteiger partial charge in [-0.3, -0.25) is 4.79 Å². The van der Waals surface area contributed by atoms with E-state index in [1.165, 1.54) is 10.4 Å². The number of nitrogens with zero attached hydrogens (tertiary/aromatic N) is 1. The maximum absolute atomic E-state index is 13.0.